The van der Waals surface area contributed by atoms with Crippen LogP contribution in [0.4, 0.5) is 0 Å². The normalized spacial score (nSPS) is 11.1. The van der Waals surface area contributed by atoms with E-state index in [0.717, 1.165) is 19.4 Å². The van der Waals surface area contributed by atoms with Crippen molar-refractivity contribution >= 4 is 11.9 Å². The molecule has 0 aliphatic heterocycles. The van der Waals surface area contributed by atoms with E-state index in [9.17, 15) is 9.59 Å². The highest BCUT2D eigenvalue weighted by molar-refractivity contribution is 5.67. The predicted octanol–water partition coefficient (Wildman–Crippen LogP) is 1.31. The Hall–Kier alpha value is -1.18. The second-order valence-electron chi connectivity index (χ2n) is 4.52. The average molecular weight is 322 g/mol. The summed E-state index contributed by atoms with van der Waals surface area (Å²) >= 11 is 0. The quantitative estimate of drug-likeness (QED) is 0.453. The number of carbonyl (C=O) groups is 2. The van der Waals surface area contributed by atoms with Crippen LogP contribution in [-0.2, 0) is 28.5 Å². The average Bonchev–Trinajstić information content (AvgIpc) is 2.44. The third-order valence-electron chi connectivity index (χ3n) is 2.14. The molecule has 0 fully saturated rings. The van der Waals surface area contributed by atoms with Gasteiger partial charge in [-0.15, -0.1) is 0 Å². The molecule has 0 aliphatic rings. The van der Waals surface area contributed by atoms with Gasteiger partial charge in [0.25, 0.3) is 0 Å². The predicted molar refractivity (Wildman–Crippen MR) is 81.5 cm³/mol. The maximum Gasteiger partial charge on any atom is 0.303 e. The van der Waals surface area contributed by atoms with Crippen LogP contribution in [0.2, 0.25) is 0 Å². The van der Waals surface area contributed by atoms with E-state index in [1.54, 1.807) is 6.92 Å². The van der Waals surface area contributed by atoms with Crippen molar-refractivity contribution in [2.45, 2.75) is 46.6 Å². The molecular weight excluding hydrogens is 292 g/mol. The fourth-order valence-electron chi connectivity index (χ4n) is 1.18. The van der Waals surface area contributed by atoms with Gasteiger partial charge in [-0.25, -0.2) is 0 Å². The van der Waals surface area contributed by atoms with Gasteiger partial charge < -0.3 is 24.1 Å². The van der Waals surface area contributed by atoms with E-state index in [1.165, 1.54) is 13.8 Å². The van der Waals surface area contributed by atoms with Gasteiger partial charge in [0.15, 0.2) is 0 Å². The maximum absolute atomic E-state index is 10.3. The Labute approximate surface area is 132 Å². The van der Waals surface area contributed by atoms with Gasteiger partial charge in [-0.2, -0.15) is 0 Å². The van der Waals surface area contributed by atoms with Crippen LogP contribution in [0, 0.1) is 0 Å². The molecule has 0 spiro atoms. The van der Waals surface area contributed by atoms with Crippen LogP contribution in [0.3, 0.4) is 0 Å². The molecule has 0 aromatic rings. The van der Waals surface area contributed by atoms with Crippen LogP contribution in [0.25, 0.3) is 0 Å². The molecule has 0 aromatic carbocycles. The maximum atomic E-state index is 10.3. The fourth-order valence-corrected chi connectivity index (χ4v) is 1.18. The van der Waals surface area contributed by atoms with Crippen molar-refractivity contribution < 1.29 is 33.6 Å². The van der Waals surface area contributed by atoms with Gasteiger partial charge in [-0.1, -0.05) is 13.3 Å². The molecule has 0 bridgehead atoms. The Balaban J connectivity index is 0. The smallest absolute Gasteiger partial charge is 0.303 e. The van der Waals surface area contributed by atoms with E-state index < -0.39 is 0 Å². The van der Waals surface area contributed by atoms with Gasteiger partial charge in [0.2, 0.25) is 0 Å². The molecular formula is C15H30O7. The van der Waals surface area contributed by atoms with Gasteiger partial charge in [-0.05, 0) is 13.3 Å². The lowest BCUT2D eigenvalue weighted by Gasteiger charge is -2.10. The van der Waals surface area contributed by atoms with E-state index in [4.69, 9.17) is 14.6 Å². The van der Waals surface area contributed by atoms with Crippen molar-refractivity contribution in [2.24, 2.45) is 0 Å². The van der Waals surface area contributed by atoms with Crippen LogP contribution < -0.4 is 0 Å². The van der Waals surface area contributed by atoms with Gasteiger partial charge >= 0.3 is 11.9 Å². The standard InChI is InChI=1S/C8H18O3.C7H12O4/c1-2-3-5-10-7-8-11-6-4-9;1-5(11-7(3)9)4-10-6(2)8/h9H,2-8H2,1H3;5H,4H2,1-3H3. The van der Waals surface area contributed by atoms with Crippen molar-refractivity contribution in [3.63, 3.8) is 0 Å². The molecule has 7 heteroatoms. The summed E-state index contributed by atoms with van der Waals surface area (Å²) in [6.45, 7) is 9.07. The lowest BCUT2D eigenvalue weighted by Crippen LogP contribution is -2.19. The van der Waals surface area contributed by atoms with Crippen LogP contribution in [0.1, 0.15) is 40.5 Å². The summed E-state index contributed by atoms with van der Waals surface area (Å²) in [6.07, 6.45) is 1.91. The molecule has 1 atom stereocenters. The summed E-state index contributed by atoms with van der Waals surface area (Å²) < 4.78 is 19.5. The number of aliphatic hydroxyl groups excluding tert-OH is 1. The van der Waals surface area contributed by atoms with Gasteiger partial charge in [0, 0.05) is 20.5 Å². The Morgan fingerprint density at radius 3 is 2.05 bits per heavy atom. The molecule has 0 saturated carbocycles. The Morgan fingerprint density at radius 1 is 1.00 bits per heavy atom. The lowest BCUT2D eigenvalue weighted by atomic mass is 10.4. The number of ether oxygens (including phenoxy) is 4. The number of hydrogen-bond acceptors (Lipinski definition) is 7. The minimum absolute atomic E-state index is 0.0922. The van der Waals surface area contributed by atoms with E-state index in [2.05, 4.69) is 16.4 Å². The van der Waals surface area contributed by atoms with Crippen molar-refractivity contribution in [1.82, 2.24) is 0 Å². The monoisotopic (exact) mass is 322 g/mol. The number of hydrogen-bond donors (Lipinski definition) is 1. The zero-order valence-electron chi connectivity index (χ0n) is 14.1. The lowest BCUT2D eigenvalue weighted by molar-refractivity contribution is -0.155. The first-order valence-corrected chi connectivity index (χ1v) is 7.50. The van der Waals surface area contributed by atoms with Crippen molar-refractivity contribution in [1.29, 1.82) is 0 Å². The van der Waals surface area contributed by atoms with Gasteiger partial charge in [-0.3, -0.25) is 9.59 Å². The number of aliphatic hydroxyl groups is 1. The topological polar surface area (TPSA) is 91.3 Å². The SMILES string of the molecule is CC(=O)OCC(C)OC(C)=O.CCCCOCCOCCO. The highest BCUT2D eigenvalue weighted by atomic mass is 16.6. The summed E-state index contributed by atoms with van der Waals surface area (Å²) in [7, 11) is 0. The van der Waals surface area contributed by atoms with E-state index in [1.807, 2.05) is 0 Å². The first-order chi connectivity index (χ1) is 10.4. The molecule has 0 aliphatic carbocycles. The summed E-state index contributed by atoms with van der Waals surface area (Å²) in [4.78, 5) is 20.6. The van der Waals surface area contributed by atoms with Crippen LogP contribution in [0.5, 0.6) is 0 Å². The number of rotatable bonds is 11. The summed E-state index contributed by atoms with van der Waals surface area (Å²) in [5.74, 6) is -0.742. The molecule has 132 valence electrons. The number of unbranched alkanes of at least 4 members (excludes halogenated alkanes) is 1. The second-order valence-corrected chi connectivity index (χ2v) is 4.52. The Bertz CT molecular complexity index is 261. The van der Waals surface area contributed by atoms with Gasteiger partial charge in [0.1, 0.15) is 12.7 Å². The third kappa shape index (κ3) is 23.9. The highest BCUT2D eigenvalue weighted by Crippen LogP contribution is 1.92. The van der Waals surface area contributed by atoms with Crippen molar-refractivity contribution in [3.05, 3.63) is 0 Å². The molecule has 0 saturated heterocycles. The molecule has 1 N–H and O–H groups in total. The molecule has 0 aromatic heterocycles. The van der Waals surface area contributed by atoms with Gasteiger partial charge in [0.05, 0.1) is 26.4 Å². The zero-order valence-corrected chi connectivity index (χ0v) is 14.1. The zero-order chi connectivity index (χ0) is 17.2. The minimum Gasteiger partial charge on any atom is -0.462 e. The van der Waals surface area contributed by atoms with Crippen LogP contribution in [0.15, 0.2) is 0 Å². The molecule has 7 nitrogen and oxygen atoms in total. The summed E-state index contributed by atoms with van der Waals surface area (Å²) in [6, 6.07) is 0. The van der Waals surface area contributed by atoms with E-state index in [0.29, 0.717) is 19.8 Å². The molecule has 0 heterocycles. The molecule has 0 rings (SSSR count). The summed E-state index contributed by atoms with van der Waals surface area (Å²) in [5.41, 5.74) is 0. The number of carbonyl (C=O) groups excluding carboxylic acids is 2. The van der Waals surface area contributed by atoms with Crippen LogP contribution >= 0.6 is 0 Å². The first-order valence-electron chi connectivity index (χ1n) is 7.50. The molecule has 0 amide bonds. The Morgan fingerprint density at radius 2 is 1.59 bits per heavy atom. The molecule has 1 unspecified atom stereocenters. The molecule has 22 heavy (non-hydrogen) atoms. The highest BCUT2D eigenvalue weighted by Gasteiger charge is 2.06. The Kier molecular flexibility index (Phi) is 18.8. The van der Waals surface area contributed by atoms with Crippen molar-refractivity contribution in [2.75, 3.05) is 39.6 Å². The van der Waals surface area contributed by atoms with Crippen molar-refractivity contribution in [3.8, 4) is 0 Å². The second kappa shape index (κ2) is 17.9. The largest absolute Gasteiger partial charge is 0.462 e. The first kappa shape index (κ1) is 23.1. The minimum atomic E-state index is -0.371. The van der Waals surface area contributed by atoms with E-state index >= 15 is 0 Å². The third-order valence-corrected chi connectivity index (χ3v) is 2.14. The number of esters is 2. The van der Waals surface area contributed by atoms with Crippen LogP contribution in [-0.4, -0.2) is 62.8 Å². The van der Waals surface area contributed by atoms with E-state index in [-0.39, 0.29) is 31.3 Å². The summed E-state index contributed by atoms with van der Waals surface area (Å²) in [5, 5.41) is 8.34. The fraction of sp³-hybridized carbons (Fsp3) is 0.867. The molecule has 0 radical (unpaired) electrons.